The zero-order valence-electron chi connectivity index (χ0n) is 16.1. The molecule has 7 nitrogen and oxygen atoms in total. The first kappa shape index (κ1) is 20.4. The molecule has 0 aromatic heterocycles. The van der Waals surface area contributed by atoms with Crippen molar-refractivity contribution in [3.8, 4) is 17.6 Å². The lowest BCUT2D eigenvalue weighted by molar-refractivity contribution is -0.118. The second kappa shape index (κ2) is 10.3. The van der Waals surface area contributed by atoms with Gasteiger partial charge in [0.2, 0.25) is 0 Å². The maximum Gasteiger partial charge on any atom is 0.271 e. The van der Waals surface area contributed by atoms with Crippen LogP contribution in [0.3, 0.4) is 0 Å². The summed E-state index contributed by atoms with van der Waals surface area (Å²) in [6, 6.07) is 7.42. The third-order valence-electron chi connectivity index (χ3n) is 4.44. The standard InChI is InChI=1S/C20H26N4O3/c1-4-5-18(24-22-2)20(25)23-15-7-10-16(11-8-15)27-17-9-6-14(13-21)19(12-17)26-3/h5-6,9,12,15-16H,4,7-8,10-11H2,1-3H3,(H,23,25)/b18-5-,24-22?. The summed E-state index contributed by atoms with van der Waals surface area (Å²) in [5.41, 5.74) is 0.847. The summed E-state index contributed by atoms with van der Waals surface area (Å²) in [5.74, 6) is 1.02. The van der Waals surface area contributed by atoms with Gasteiger partial charge in [-0.15, -0.1) is 0 Å². The number of amides is 1. The van der Waals surface area contributed by atoms with Gasteiger partial charge in [0.05, 0.1) is 18.8 Å². The summed E-state index contributed by atoms with van der Waals surface area (Å²) in [6.45, 7) is 1.96. The Kier molecular flexibility index (Phi) is 7.80. The average Bonchev–Trinajstić information content (AvgIpc) is 2.69. The third kappa shape index (κ3) is 5.81. The normalized spacial score (nSPS) is 20.1. The van der Waals surface area contributed by atoms with Gasteiger partial charge in [0.15, 0.2) is 0 Å². The highest BCUT2D eigenvalue weighted by atomic mass is 16.5. The molecule has 0 saturated heterocycles. The lowest BCUT2D eigenvalue weighted by Crippen LogP contribution is -2.40. The van der Waals surface area contributed by atoms with Crippen LogP contribution in [0.15, 0.2) is 40.2 Å². The number of carbonyl (C=O) groups excluding carboxylic acids is 1. The first-order chi connectivity index (χ1) is 13.1. The average molecular weight is 370 g/mol. The minimum atomic E-state index is -0.177. The number of azo groups is 1. The van der Waals surface area contributed by atoms with Crippen molar-refractivity contribution in [2.45, 2.75) is 51.2 Å². The molecule has 1 aromatic carbocycles. The molecule has 27 heavy (non-hydrogen) atoms. The Morgan fingerprint density at radius 2 is 2.11 bits per heavy atom. The molecular formula is C20H26N4O3. The first-order valence-corrected chi connectivity index (χ1v) is 9.16. The number of carbonyl (C=O) groups is 1. The van der Waals surface area contributed by atoms with Crippen LogP contribution >= 0.6 is 0 Å². The van der Waals surface area contributed by atoms with Crippen LogP contribution in [-0.4, -0.2) is 32.2 Å². The smallest absolute Gasteiger partial charge is 0.271 e. The van der Waals surface area contributed by atoms with Crippen LogP contribution in [0.2, 0.25) is 0 Å². The van der Waals surface area contributed by atoms with Gasteiger partial charge in [0, 0.05) is 19.2 Å². The van der Waals surface area contributed by atoms with E-state index in [1.807, 2.05) is 6.92 Å². The van der Waals surface area contributed by atoms with Gasteiger partial charge in [-0.2, -0.15) is 15.5 Å². The molecule has 1 aliphatic carbocycles. The third-order valence-corrected chi connectivity index (χ3v) is 4.44. The SMILES string of the molecule is CC/C=C(\N=NC)C(=O)NC1CCC(Oc2ccc(C#N)c(OC)c2)CC1. The summed E-state index contributed by atoms with van der Waals surface area (Å²) in [6.07, 6.45) is 5.95. The number of nitriles is 1. The predicted octanol–water partition coefficient (Wildman–Crippen LogP) is 3.75. The van der Waals surface area contributed by atoms with Crippen LogP contribution < -0.4 is 14.8 Å². The Morgan fingerprint density at radius 3 is 2.70 bits per heavy atom. The minimum absolute atomic E-state index is 0.0803. The van der Waals surface area contributed by atoms with Crippen LogP contribution in [0.25, 0.3) is 0 Å². The molecule has 0 unspecified atom stereocenters. The molecule has 144 valence electrons. The van der Waals surface area contributed by atoms with Crippen LogP contribution in [0.4, 0.5) is 0 Å². The quantitative estimate of drug-likeness (QED) is 0.584. The number of allylic oxidation sites excluding steroid dienone is 1. The lowest BCUT2D eigenvalue weighted by Gasteiger charge is -2.29. The summed E-state index contributed by atoms with van der Waals surface area (Å²) < 4.78 is 11.2. The molecule has 0 aliphatic heterocycles. The van der Waals surface area contributed by atoms with Crippen molar-refractivity contribution >= 4 is 5.91 Å². The number of nitrogens with zero attached hydrogens (tertiary/aromatic N) is 3. The minimum Gasteiger partial charge on any atom is -0.495 e. The molecule has 0 spiro atoms. The molecule has 2 rings (SSSR count). The molecular weight excluding hydrogens is 344 g/mol. The van der Waals surface area contributed by atoms with Crippen molar-refractivity contribution in [1.29, 1.82) is 5.26 Å². The molecule has 1 aromatic rings. The molecule has 0 atom stereocenters. The zero-order valence-corrected chi connectivity index (χ0v) is 16.1. The van der Waals surface area contributed by atoms with Crippen LogP contribution in [0, 0.1) is 11.3 Å². The highest BCUT2D eigenvalue weighted by Crippen LogP contribution is 2.28. The maximum atomic E-state index is 12.3. The summed E-state index contributed by atoms with van der Waals surface area (Å²) in [7, 11) is 3.09. The van der Waals surface area contributed by atoms with Gasteiger partial charge in [-0.05, 0) is 44.2 Å². The Hall–Kier alpha value is -2.88. The van der Waals surface area contributed by atoms with Gasteiger partial charge in [0.1, 0.15) is 23.3 Å². The maximum absolute atomic E-state index is 12.3. The Bertz CT molecular complexity index is 744. The van der Waals surface area contributed by atoms with E-state index in [0.29, 0.717) is 22.8 Å². The molecule has 0 radical (unpaired) electrons. The van der Waals surface area contributed by atoms with Gasteiger partial charge >= 0.3 is 0 Å². The molecule has 7 heteroatoms. The Balaban J connectivity index is 1.88. The second-order valence-corrected chi connectivity index (χ2v) is 6.34. The van der Waals surface area contributed by atoms with Crippen molar-refractivity contribution in [1.82, 2.24) is 5.32 Å². The van der Waals surface area contributed by atoms with E-state index >= 15 is 0 Å². The van der Waals surface area contributed by atoms with E-state index in [9.17, 15) is 4.79 Å². The number of nitrogens with one attached hydrogen (secondary N) is 1. The van der Waals surface area contributed by atoms with E-state index in [4.69, 9.17) is 14.7 Å². The Labute approximate surface area is 160 Å². The second-order valence-electron chi connectivity index (χ2n) is 6.34. The number of ether oxygens (including phenoxy) is 2. The fraction of sp³-hybridized carbons (Fsp3) is 0.500. The molecule has 1 fully saturated rings. The fourth-order valence-electron chi connectivity index (χ4n) is 3.09. The molecule has 1 aliphatic rings. The van der Waals surface area contributed by atoms with Gasteiger partial charge in [-0.1, -0.05) is 13.0 Å². The number of hydrogen-bond acceptors (Lipinski definition) is 6. The molecule has 1 N–H and O–H groups in total. The van der Waals surface area contributed by atoms with Gasteiger partial charge in [-0.3, -0.25) is 4.79 Å². The molecule has 1 saturated carbocycles. The lowest BCUT2D eigenvalue weighted by atomic mass is 9.92. The van der Waals surface area contributed by atoms with Crippen molar-refractivity contribution < 1.29 is 14.3 Å². The van der Waals surface area contributed by atoms with E-state index in [2.05, 4.69) is 21.6 Å². The van der Waals surface area contributed by atoms with Gasteiger partial charge in [0.25, 0.3) is 5.91 Å². The summed E-state index contributed by atoms with van der Waals surface area (Å²) >= 11 is 0. The topological polar surface area (TPSA) is 96.1 Å². The van der Waals surface area contributed by atoms with Gasteiger partial charge in [-0.25, -0.2) is 0 Å². The highest BCUT2D eigenvalue weighted by molar-refractivity contribution is 5.93. The van der Waals surface area contributed by atoms with E-state index in [-0.39, 0.29) is 18.1 Å². The molecule has 0 bridgehead atoms. The number of methoxy groups -OCH3 is 1. The van der Waals surface area contributed by atoms with Crippen LogP contribution in [0.5, 0.6) is 11.5 Å². The monoisotopic (exact) mass is 370 g/mol. The van der Waals surface area contributed by atoms with Crippen molar-refractivity contribution in [3.63, 3.8) is 0 Å². The van der Waals surface area contributed by atoms with E-state index in [1.54, 1.807) is 31.3 Å². The van der Waals surface area contributed by atoms with Crippen molar-refractivity contribution in [3.05, 3.63) is 35.5 Å². The molecule has 0 heterocycles. The largest absolute Gasteiger partial charge is 0.495 e. The number of benzene rings is 1. The first-order valence-electron chi connectivity index (χ1n) is 9.16. The predicted molar refractivity (Wildman–Crippen MR) is 102 cm³/mol. The van der Waals surface area contributed by atoms with Gasteiger partial charge < -0.3 is 14.8 Å². The van der Waals surface area contributed by atoms with E-state index in [1.165, 1.54) is 7.11 Å². The Morgan fingerprint density at radius 1 is 1.37 bits per heavy atom. The highest BCUT2D eigenvalue weighted by Gasteiger charge is 2.24. The number of hydrogen-bond donors (Lipinski definition) is 1. The van der Waals surface area contributed by atoms with Crippen LogP contribution in [0.1, 0.15) is 44.6 Å². The zero-order chi connectivity index (χ0) is 19.6. The van der Waals surface area contributed by atoms with Crippen molar-refractivity contribution in [2.24, 2.45) is 10.2 Å². The summed E-state index contributed by atoms with van der Waals surface area (Å²) in [4.78, 5) is 12.3. The number of rotatable bonds is 7. The van der Waals surface area contributed by atoms with E-state index < -0.39 is 0 Å². The fourth-order valence-corrected chi connectivity index (χ4v) is 3.09. The van der Waals surface area contributed by atoms with Crippen molar-refractivity contribution in [2.75, 3.05) is 14.2 Å². The van der Waals surface area contributed by atoms with Crippen LogP contribution in [-0.2, 0) is 4.79 Å². The van der Waals surface area contributed by atoms with E-state index in [0.717, 1.165) is 32.1 Å². The summed E-state index contributed by atoms with van der Waals surface area (Å²) in [5, 5.41) is 19.7. The molecule has 1 amide bonds.